The molecule has 0 atom stereocenters. The molecule has 17 heavy (non-hydrogen) atoms. The zero-order chi connectivity index (χ0) is 13.1. The molecular weight excluding hydrogens is 225 g/mol. The summed E-state index contributed by atoms with van der Waals surface area (Å²) in [6.07, 6.45) is 2.54. The van der Waals surface area contributed by atoms with Crippen LogP contribution in [0.1, 0.15) is 26.2 Å². The number of amides is 1. The molecule has 0 aromatic heterocycles. The van der Waals surface area contributed by atoms with Gasteiger partial charge in [0.25, 0.3) is 0 Å². The third-order valence-electron chi connectivity index (χ3n) is 2.75. The molecule has 1 aliphatic rings. The standard InChI is InChI=1S/C12H16FNO3/c1-4-9(7-8(2)13)14-10(15)12(5-6-12)11(16)17-3/h7H,2,4-6H2,1,3H3,(H,14,15)/b9-7+. The van der Waals surface area contributed by atoms with Gasteiger partial charge in [-0.15, -0.1) is 0 Å². The van der Waals surface area contributed by atoms with Crippen LogP contribution in [-0.4, -0.2) is 19.0 Å². The first-order valence-corrected chi connectivity index (χ1v) is 5.41. The highest BCUT2D eigenvalue weighted by atomic mass is 19.1. The molecule has 0 aromatic carbocycles. The minimum atomic E-state index is -1.07. The van der Waals surface area contributed by atoms with Crippen LogP contribution >= 0.6 is 0 Å². The van der Waals surface area contributed by atoms with Crippen LogP contribution in [0, 0.1) is 5.41 Å². The Balaban J connectivity index is 2.72. The zero-order valence-electron chi connectivity index (χ0n) is 10.0. The van der Waals surface area contributed by atoms with E-state index in [9.17, 15) is 14.0 Å². The summed E-state index contributed by atoms with van der Waals surface area (Å²) in [5, 5.41) is 2.54. The van der Waals surface area contributed by atoms with Crippen molar-refractivity contribution in [2.45, 2.75) is 26.2 Å². The lowest BCUT2D eigenvalue weighted by atomic mass is 10.1. The molecule has 1 fully saturated rings. The summed E-state index contributed by atoms with van der Waals surface area (Å²) < 4.78 is 17.2. The number of hydrogen-bond donors (Lipinski definition) is 1. The maximum absolute atomic E-state index is 12.6. The highest BCUT2D eigenvalue weighted by Gasteiger charge is 2.57. The topological polar surface area (TPSA) is 55.4 Å². The normalized spacial score (nSPS) is 17.2. The van der Waals surface area contributed by atoms with Gasteiger partial charge in [-0.05, 0) is 25.3 Å². The molecule has 0 heterocycles. The van der Waals surface area contributed by atoms with E-state index in [1.165, 1.54) is 7.11 Å². The molecule has 1 amide bonds. The second-order valence-electron chi connectivity index (χ2n) is 4.00. The molecule has 0 unspecified atom stereocenters. The van der Waals surface area contributed by atoms with E-state index in [4.69, 9.17) is 0 Å². The highest BCUT2D eigenvalue weighted by molar-refractivity contribution is 6.06. The maximum Gasteiger partial charge on any atom is 0.321 e. The number of hydrogen-bond acceptors (Lipinski definition) is 3. The number of carbonyl (C=O) groups is 2. The number of methoxy groups -OCH3 is 1. The lowest BCUT2D eigenvalue weighted by molar-refractivity contribution is -0.151. The molecule has 1 N–H and O–H groups in total. The van der Waals surface area contributed by atoms with Crippen LogP contribution in [0.25, 0.3) is 0 Å². The van der Waals surface area contributed by atoms with Gasteiger partial charge >= 0.3 is 5.97 Å². The molecule has 4 nitrogen and oxygen atoms in total. The van der Waals surface area contributed by atoms with E-state index in [2.05, 4.69) is 16.6 Å². The molecule has 1 rings (SSSR count). The first-order chi connectivity index (χ1) is 7.96. The van der Waals surface area contributed by atoms with Gasteiger partial charge in [0.15, 0.2) is 0 Å². The van der Waals surface area contributed by atoms with Gasteiger partial charge < -0.3 is 10.1 Å². The smallest absolute Gasteiger partial charge is 0.321 e. The van der Waals surface area contributed by atoms with Crippen molar-refractivity contribution in [2.24, 2.45) is 5.41 Å². The van der Waals surface area contributed by atoms with Crippen molar-refractivity contribution >= 4 is 11.9 Å². The van der Waals surface area contributed by atoms with Crippen LogP contribution in [0.5, 0.6) is 0 Å². The fourth-order valence-corrected chi connectivity index (χ4v) is 1.53. The monoisotopic (exact) mass is 241 g/mol. The molecule has 1 saturated carbocycles. The van der Waals surface area contributed by atoms with Crippen molar-refractivity contribution in [1.29, 1.82) is 0 Å². The molecule has 0 aromatic rings. The molecule has 94 valence electrons. The summed E-state index contributed by atoms with van der Waals surface area (Å²) in [6, 6.07) is 0. The van der Waals surface area contributed by atoms with E-state index >= 15 is 0 Å². The molecule has 0 spiro atoms. The average Bonchev–Trinajstić information content (AvgIpc) is 3.07. The Morgan fingerprint density at radius 2 is 2.12 bits per heavy atom. The lowest BCUT2D eigenvalue weighted by Gasteiger charge is -2.14. The Bertz CT molecular complexity index is 383. The van der Waals surface area contributed by atoms with Gasteiger partial charge in [-0.2, -0.15) is 0 Å². The average molecular weight is 241 g/mol. The van der Waals surface area contributed by atoms with Gasteiger partial charge in [-0.1, -0.05) is 13.5 Å². The van der Waals surface area contributed by atoms with Crippen molar-refractivity contribution in [3.8, 4) is 0 Å². The fraction of sp³-hybridized carbons (Fsp3) is 0.500. The largest absolute Gasteiger partial charge is 0.468 e. The van der Waals surface area contributed by atoms with Crippen molar-refractivity contribution in [2.75, 3.05) is 7.11 Å². The Hall–Kier alpha value is -1.65. The van der Waals surface area contributed by atoms with Gasteiger partial charge in [0.2, 0.25) is 5.91 Å². The molecular formula is C12H16FNO3. The van der Waals surface area contributed by atoms with Crippen molar-refractivity contribution < 1.29 is 18.7 Å². The van der Waals surface area contributed by atoms with E-state index in [1.807, 2.05) is 0 Å². The Labute approximate surface area is 99.5 Å². The van der Waals surface area contributed by atoms with Gasteiger partial charge in [0.1, 0.15) is 11.2 Å². The molecule has 0 bridgehead atoms. The summed E-state index contributed by atoms with van der Waals surface area (Å²) in [4.78, 5) is 23.3. The third kappa shape index (κ3) is 2.93. The van der Waals surface area contributed by atoms with Crippen LogP contribution in [-0.2, 0) is 14.3 Å². The first-order valence-electron chi connectivity index (χ1n) is 5.41. The molecule has 5 heteroatoms. The minimum absolute atomic E-state index is 0.401. The van der Waals surface area contributed by atoms with Gasteiger partial charge in [0.05, 0.1) is 7.11 Å². The molecule has 0 radical (unpaired) electrons. The number of esters is 1. The van der Waals surface area contributed by atoms with Gasteiger partial charge in [-0.3, -0.25) is 9.59 Å². The zero-order valence-corrected chi connectivity index (χ0v) is 10.0. The lowest BCUT2D eigenvalue weighted by Crippen LogP contribution is -2.37. The Kier molecular flexibility index (Phi) is 4.04. The van der Waals surface area contributed by atoms with Crippen LogP contribution in [0.4, 0.5) is 4.39 Å². The van der Waals surface area contributed by atoms with Gasteiger partial charge in [0, 0.05) is 5.70 Å². The van der Waals surface area contributed by atoms with Crippen molar-refractivity contribution in [1.82, 2.24) is 5.32 Å². The quantitative estimate of drug-likeness (QED) is 0.454. The van der Waals surface area contributed by atoms with Gasteiger partial charge in [-0.25, -0.2) is 4.39 Å². The summed E-state index contributed by atoms with van der Waals surface area (Å²) >= 11 is 0. The van der Waals surface area contributed by atoms with Crippen LogP contribution in [0.3, 0.4) is 0 Å². The maximum atomic E-state index is 12.6. The fourth-order valence-electron chi connectivity index (χ4n) is 1.53. The number of ether oxygens (including phenoxy) is 1. The summed E-state index contributed by atoms with van der Waals surface area (Å²) in [5.41, 5.74) is -0.668. The van der Waals surface area contributed by atoms with E-state index in [1.54, 1.807) is 6.92 Å². The number of carbonyl (C=O) groups excluding carboxylic acids is 2. The third-order valence-corrected chi connectivity index (χ3v) is 2.75. The second-order valence-corrected chi connectivity index (χ2v) is 4.00. The van der Waals surface area contributed by atoms with Crippen LogP contribution in [0.2, 0.25) is 0 Å². The second kappa shape index (κ2) is 5.12. The molecule has 0 saturated heterocycles. The number of halogens is 1. The number of rotatable bonds is 5. The first kappa shape index (κ1) is 13.4. The van der Waals surface area contributed by atoms with Crippen molar-refractivity contribution in [3.05, 3.63) is 24.2 Å². The van der Waals surface area contributed by atoms with E-state index in [0.717, 1.165) is 6.08 Å². The Morgan fingerprint density at radius 1 is 1.53 bits per heavy atom. The number of allylic oxidation sites excluding steroid dienone is 3. The summed E-state index contributed by atoms with van der Waals surface area (Å²) in [6.45, 7) is 4.86. The predicted molar refractivity (Wildman–Crippen MR) is 60.4 cm³/mol. The predicted octanol–water partition coefficient (Wildman–Crippen LogP) is 1.83. The van der Waals surface area contributed by atoms with Crippen LogP contribution < -0.4 is 5.32 Å². The molecule has 1 aliphatic carbocycles. The summed E-state index contributed by atoms with van der Waals surface area (Å²) in [5.74, 6) is -1.60. The number of nitrogens with one attached hydrogen (secondary N) is 1. The highest BCUT2D eigenvalue weighted by Crippen LogP contribution is 2.47. The van der Waals surface area contributed by atoms with Crippen LogP contribution in [0.15, 0.2) is 24.2 Å². The van der Waals surface area contributed by atoms with E-state index < -0.39 is 23.1 Å². The molecule has 0 aliphatic heterocycles. The Morgan fingerprint density at radius 3 is 2.47 bits per heavy atom. The summed E-state index contributed by atoms with van der Waals surface area (Å²) in [7, 11) is 1.25. The van der Waals surface area contributed by atoms with E-state index in [0.29, 0.717) is 25.0 Å². The SMILES string of the molecule is C=C(F)/C=C(\CC)NC(=O)C1(C(=O)OC)CC1. The van der Waals surface area contributed by atoms with E-state index in [-0.39, 0.29) is 0 Å². The van der Waals surface area contributed by atoms with Crippen molar-refractivity contribution in [3.63, 3.8) is 0 Å². The minimum Gasteiger partial charge on any atom is -0.468 e.